The first kappa shape index (κ1) is 35.3. The van der Waals surface area contributed by atoms with Crippen molar-refractivity contribution in [3.8, 4) is 0 Å². The lowest BCUT2D eigenvalue weighted by Crippen LogP contribution is -2.58. The van der Waals surface area contributed by atoms with E-state index in [0.29, 0.717) is 37.8 Å². The van der Waals surface area contributed by atoms with Crippen LogP contribution in [0.2, 0.25) is 0 Å². The number of carbonyl (C=O) groups excluding carboxylic acids is 4. The van der Waals surface area contributed by atoms with Crippen molar-refractivity contribution in [2.45, 2.75) is 98.9 Å². The molecule has 0 radical (unpaired) electrons. The van der Waals surface area contributed by atoms with Gasteiger partial charge in [-0.1, -0.05) is 77.7 Å². The molecule has 1 aromatic carbocycles. The molecule has 10 nitrogen and oxygen atoms in total. The molecule has 256 valence electrons. The van der Waals surface area contributed by atoms with Crippen LogP contribution in [0.4, 0.5) is 0 Å². The average molecular weight is 715 g/mol. The zero-order valence-corrected chi connectivity index (χ0v) is 28.7. The molecule has 4 aliphatic rings. The summed E-state index contributed by atoms with van der Waals surface area (Å²) >= 11 is 3.74. The molecule has 4 fully saturated rings. The fourth-order valence-electron chi connectivity index (χ4n) is 8.06. The van der Waals surface area contributed by atoms with E-state index in [1.54, 1.807) is 17.1 Å². The Morgan fingerprint density at radius 2 is 1.89 bits per heavy atom. The molecule has 1 spiro atoms. The summed E-state index contributed by atoms with van der Waals surface area (Å²) in [7, 11) is 0. The van der Waals surface area contributed by atoms with Gasteiger partial charge in [0.15, 0.2) is 0 Å². The van der Waals surface area contributed by atoms with E-state index in [1.807, 2.05) is 35.2 Å². The predicted molar refractivity (Wildman–Crippen MR) is 180 cm³/mol. The highest BCUT2D eigenvalue weighted by Gasteiger charge is 2.77. The SMILES string of the molecule is C=CCCC(=O)NC[C@@H](OC(=O)[C@@H]1[C@H]2O[C@@]3(CC2Br)[C@H](C(=O)N(CC=C)C2CCCCC2)N(CCCCO)C(=O)[C@@H]13)c1ccccc1. The summed E-state index contributed by atoms with van der Waals surface area (Å²) in [6.07, 6.45) is 9.15. The van der Waals surface area contributed by atoms with Crippen LogP contribution in [0.15, 0.2) is 55.6 Å². The molecular formula is C36H48BrN3O7. The van der Waals surface area contributed by atoms with E-state index in [2.05, 4.69) is 34.4 Å². The number of rotatable bonds is 16. The van der Waals surface area contributed by atoms with Crippen molar-refractivity contribution in [3.63, 3.8) is 0 Å². The number of ether oxygens (including phenoxy) is 2. The minimum Gasteiger partial charge on any atom is -0.455 e. The molecule has 3 saturated heterocycles. The Morgan fingerprint density at radius 1 is 1.15 bits per heavy atom. The number of carbonyl (C=O) groups is 4. The van der Waals surface area contributed by atoms with E-state index in [0.717, 1.165) is 32.1 Å². The Hall–Kier alpha value is -3.02. The zero-order chi connectivity index (χ0) is 33.6. The molecule has 3 amide bonds. The maximum atomic E-state index is 14.7. The number of hydrogen-bond donors (Lipinski definition) is 2. The molecule has 7 atom stereocenters. The van der Waals surface area contributed by atoms with Gasteiger partial charge in [-0.15, -0.1) is 13.2 Å². The summed E-state index contributed by atoms with van der Waals surface area (Å²) in [5.74, 6) is -3.07. The summed E-state index contributed by atoms with van der Waals surface area (Å²) in [5.41, 5.74) is -0.492. The van der Waals surface area contributed by atoms with Gasteiger partial charge in [-0.25, -0.2) is 0 Å². The fraction of sp³-hybridized carbons (Fsp3) is 0.611. The predicted octanol–water partition coefficient (Wildman–Crippen LogP) is 4.22. The van der Waals surface area contributed by atoms with Crippen LogP contribution >= 0.6 is 15.9 Å². The van der Waals surface area contributed by atoms with E-state index < -0.39 is 41.7 Å². The number of hydrogen-bond acceptors (Lipinski definition) is 7. The minimum atomic E-state index is -1.20. The molecule has 1 unspecified atom stereocenters. The third kappa shape index (κ3) is 7.22. The summed E-state index contributed by atoms with van der Waals surface area (Å²) < 4.78 is 12.9. The van der Waals surface area contributed by atoms with Gasteiger partial charge in [-0.05, 0) is 44.1 Å². The van der Waals surface area contributed by atoms with E-state index in [9.17, 15) is 24.3 Å². The van der Waals surface area contributed by atoms with E-state index in [-0.39, 0.29) is 54.7 Å². The van der Waals surface area contributed by atoms with E-state index >= 15 is 0 Å². The van der Waals surface area contributed by atoms with Crippen LogP contribution in [0.25, 0.3) is 0 Å². The van der Waals surface area contributed by atoms with Crippen molar-refractivity contribution < 1.29 is 33.8 Å². The number of halogens is 1. The highest BCUT2D eigenvalue weighted by Crippen LogP contribution is 2.60. The van der Waals surface area contributed by atoms with Crippen LogP contribution in [0.5, 0.6) is 0 Å². The maximum Gasteiger partial charge on any atom is 0.313 e. The summed E-state index contributed by atoms with van der Waals surface area (Å²) in [6.45, 7) is 8.26. The number of allylic oxidation sites excluding steroid dienone is 1. The van der Waals surface area contributed by atoms with E-state index in [1.165, 1.54) is 0 Å². The number of benzene rings is 1. The molecule has 47 heavy (non-hydrogen) atoms. The normalized spacial score (nSPS) is 28.9. The second kappa shape index (κ2) is 15.9. The number of likely N-dealkylation sites (tertiary alicyclic amines) is 1. The molecular weight excluding hydrogens is 666 g/mol. The minimum absolute atomic E-state index is 0.0259. The molecule has 2 bridgehead atoms. The molecule has 1 saturated carbocycles. The van der Waals surface area contributed by atoms with Crippen molar-refractivity contribution in [1.29, 1.82) is 0 Å². The van der Waals surface area contributed by atoms with Crippen molar-refractivity contribution in [3.05, 3.63) is 61.2 Å². The van der Waals surface area contributed by atoms with Gasteiger partial charge < -0.3 is 29.7 Å². The van der Waals surface area contributed by atoms with Crippen LogP contribution in [0, 0.1) is 11.8 Å². The number of alkyl halides is 1. The lowest BCUT2D eigenvalue weighted by Gasteiger charge is -2.41. The Bertz CT molecular complexity index is 1300. The van der Waals surface area contributed by atoms with Gasteiger partial charge >= 0.3 is 5.97 Å². The largest absolute Gasteiger partial charge is 0.455 e. The Balaban J connectivity index is 1.45. The Kier molecular flexibility index (Phi) is 12.0. The number of fused-ring (bicyclic) bond motifs is 1. The number of amides is 3. The third-order valence-corrected chi connectivity index (χ3v) is 11.1. The summed E-state index contributed by atoms with van der Waals surface area (Å²) in [6, 6.07) is 8.33. The topological polar surface area (TPSA) is 125 Å². The highest BCUT2D eigenvalue weighted by molar-refractivity contribution is 9.09. The van der Waals surface area contributed by atoms with Crippen LogP contribution in [0.3, 0.4) is 0 Å². The first-order valence-corrected chi connectivity index (χ1v) is 18.0. The average Bonchev–Trinajstić information content (AvgIpc) is 3.68. The number of nitrogens with one attached hydrogen (secondary N) is 1. The van der Waals surface area contributed by atoms with Gasteiger partial charge in [-0.3, -0.25) is 19.2 Å². The molecule has 1 aliphatic carbocycles. The Labute approximate surface area is 286 Å². The summed E-state index contributed by atoms with van der Waals surface area (Å²) in [5, 5.41) is 12.4. The van der Waals surface area contributed by atoms with Gasteiger partial charge in [0.05, 0.1) is 24.5 Å². The van der Waals surface area contributed by atoms with Crippen molar-refractivity contribution in [1.82, 2.24) is 15.1 Å². The van der Waals surface area contributed by atoms with Gasteiger partial charge in [0.1, 0.15) is 17.7 Å². The van der Waals surface area contributed by atoms with Crippen LogP contribution in [0.1, 0.15) is 75.9 Å². The number of nitrogens with zero attached hydrogens (tertiary/aromatic N) is 2. The number of aliphatic hydroxyl groups is 1. The maximum absolute atomic E-state index is 14.7. The Morgan fingerprint density at radius 3 is 2.57 bits per heavy atom. The van der Waals surface area contributed by atoms with Gasteiger partial charge in [0.25, 0.3) is 0 Å². The third-order valence-electron chi connectivity index (χ3n) is 10.2. The van der Waals surface area contributed by atoms with Gasteiger partial charge in [-0.2, -0.15) is 0 Å². The molecule has 0 aromatic heterocycles. The van der Waals surface area contributed by atoms with E-state index in [4.69, 9.17) is 9.47 Å². The summed E-state index contributed by atoms with van der Waals surface area (Å²) in [4.78, 5) is 59.0. The first-order valence-electron chi connectivity index (χ1n) is 17.0. The first-order chi connectivity index (χ1) is 22.8. The number of esters is 1. The molecule has 2 N–H and O–H groups in total. The second-order valence-corrected chi connectivity index (χ2v) is 14.3. The fourth-order valence-corrected chi connectivity index (χ4v) is 9.01. The monoisotopic (exact) mass is 713 g/mol. The zero-order valence-electron chi connectivity index (χ0n) is 27.1. The number of unbranched alkanes of at least 4 members (excludes halogenated alkanes) is 1. The van der Waals surface area contributed by atoms with Crippen molar-refractivity contribution in [2.75, 3.05) is 26.2 Å². The standard InChI is InChI=1S/C36H48BrN3O7/c1-3-5-18-28(42)38-23-27(24-14-8-6-9-15-24)46-35(45)29-30-33(43)40(20-12-13-21-41)32(36(30)22-26(37)31(29)47-36)34(44)39(19-4-2)25-16-10-7-11-17-25/h3-4,6,8-9,14-15,25-27,29-32,41H,1-2,5,7,10-13,16-23H2,(H,38,42)/t26?,27-,29+,30-,31+,32+,36-/m1/s1. The second-order valence-electron chi connectivity index (χ2n) is 13.2. The number of aliphatic hydroxyl groups excluding tert-OH is 1. The molecule has 11 heteroatoms. The quantitative estimate of drug-likeness (QED) is 0.114. The van der Waals surface area contributed by atoms with Crippen molar-refractivity contribution >= 4 is 39.6 Å². The van der Waals surface area contributed by atoms with Crippen LogP contribution < -0.4 is 5.32 Å². The van der Waals surface area contributed by atoms with Crippen LogP contribution in [-0.4, -0.2) is 93.5 Å². The van der Waals surface area contributed by atoms with Gasteiger partial charge in [0.2, 0.25) is 17.7 Å². The molecule has 3 aliphatic heterocycles. The van der Waals surface area contributed by atoms with Crippen molar-refractivity contribution in [2.24, 2.45) is 11.8 Å². The molecule has 1 aromatic rings. The lowest BCUT2D eigenvalue weighted by molar-refractivity contribution is -0.160. The highest BCUT2D eigenvalue weighted by atomic mass is 79.9. The van der Waals surface area contributed by atoms with Crippen LogP contribution in [-0.2, 0) is 28.7 Å². The lowest BCUT2D eigenvalue weighted by atomic mass is 9.70. The smallest absolute Gasteiger partial charge is 0.313 e. The molecule has 3 heterocycles. The van der Waals surface area contributed by atoms with Gasteiger partial charge in [0, 0.05) is 37.0 Å². The molecule has 5 rings (SSSR count).